The van der Waals surface area contributed by atoms with Gasteiger partial charge in [-0.2, -0.15) is 0 Å². The highest BCUT2D eigenvalue weighted by atomic mass is 79.9. The number of benzene rings is 2. The smallest absolute Gasteiger partial charge is 0.244 e. The standard InChI is InChI=1S/C16H17BrN2O3S.ClH/c17-13-9-12-6-8-22-16(12)15(10-13)23(20,21)19-7-5-11-1-3-14(18)4-2-11;/h1-4,9-10,19H,5-8,18H2;1H. The Bertz CT molecular complexity index is 826. The summed E-state index contributed by atoms with van der Waals surface area (Å²) in [6.07, 6.45) is 1.32. The number of rotatable bonds is 5. The van der Waals surface area contributed by atoms with Gasteiger partial charge in [0, 0.05) is 28.7 Å². The van der Waals surface area contributed by atoms with Gasteiger partial charge in [-0.25, -0.2) is 13.1 Å². The zero-order valence-corrected chi connectivity index (χ0v) is 16.0. The van der Waals surface area contributed by atoms with Gasteiger partial charge in [-0.1, -0.05) is 28.1 Å². The largest absolute Gasteiger partial charge is 0.492 e. The summed E-state index contributed by atoms with van der Waals surface area (Å²) >= 11 is 3.36. The Kier molecular flexibility index (Phi) is 6.14. The van der Waals surface area contributed by atoms with Crippen molar-refractivity contribution in [3.63, 3.8) is 0 Å². The van der Waals surface area contributed by atoms with Crippen LogP contribution in [-0.4, -0.2) is 21.6 Å². The molecule has 3 N–H and O–H groups in total. The lowest BCUT2D eigenvalue weighted by molar-refractivity contribution is 0.348. The lowest BCUT2D eigenvalue weighted by atomic mass is 10.1. The third-order valence-corrected chi connectivity index (χ3v) is 5.61. The molecule has 130 valence electrons. The SMILES string of the molecule is Cl.Nc1ccc(CCNS(=O)(=O)c2cc(Br)cc3c2OCC3)cc1. The van der Waals surface area contributed by atoms with Gasteiger partial charge in [-0.15, -0.1) is 12.4 Å². The minimum absolute atomic E-state index is 0. The van der Waals surface area contributed by atoms with Crippen molar-refractivity contribution in [2.75, 3.05) is 18.9 Å². The summed E-state index contributed by atoms with van der Waals surface area (Å²) in [7, 11) is -3.62. The monoisotopic (exact) mass is 432 g/mol. The van der Waals surface area contributed by atoms with E-state index in [2.05, 4.69) is 20.7 Å². The van der Waals surface area contributed by atoms with Crippen LogP contribution in [0.2, 0.25) is 0 Å². The van der Waals surface area contributed by atoms with Gasteiger partial charge in [0.05, 0.1) is 6.61 Å². The fraction of sp³-hybridized carbons (Fsp3) is 0.250. The molecule has 1 aliphatic heterocycles. The first-order chi connectivity index (χ1) is 11.0. The van der Waals surface area contributed by atoms with Crippen LogP contribution in [0.25, 0.3) is 0 Å². The van der Waals surface area contributed by atoms with Crippen molar-refractivity contribution < 1.29 is 13.2 Å². The van der Waals surface area contributed by atoms with Crippen molar-refractivity contribution in [2.45, 2.75) is 17.7 Å². The number of halogens is 2. The van der Waals surface area contributed by atoms with E-state index >= 15 is 0 Å². The summed E-state index contributed by atoms with van der Waals surface area (Å²) < 4.78 is 34.0. The van der Waals surface area contributed by atoms with Gasteiger partial charge in [-0.05, 0) is 36.2 Å². The van der Waals surface area contributed by atoms with Crippen LogP contribution < -0.4 is 15.2 Å². The van der Waals surface area contributed by atoms with E-state index in [9.17, 15) is 8.42 Å². The molecule has 0 aliphatic carbocycles. The maximum Gasteiger partial charge on any atom is 0.244 e. The summed E-state index contributed by atoms with van der Waals surface area (Å²) in [5, 5.41) is 0. The second kappa shape index (κ2) is 7.74. The third kappa shape index (κ3) is 4.22. The number of anilines is 1. The molecule has 2 aromatic rings. The molecule has 0 saturated carbocycles. The number of ether oxygens (including phenoxy) is 1. The van der Waals surface area contributed by atoms with E-state index in [1.807, 2.05) is 18.2 Å². The lowest BCUT2D eigenvalue weighted by Crippen LogP contribution is -2.26. The number of nitrogens with one attached hydrogen (secondary N) is 1. The number of hydrogen-bond acceptors (Lipinski definition) is 4. The number of fused-ring (bicyclic) bond motifs is 1. The molecule has 0 radical (unpaired) electrons. The first-order valence-electron chi connectivity index (χ1n) is 7.25. The first-order valence-corrected chi connectivity index (χ1v) is 9.52. The predicted molar refractivity (Wildman–Crippen MR) is 100 cm³/mol. The minimum Gasteiger partial charge on any atom is -0.492 e. The maximum absolute atomic E-state index is 12.6. The van der Waals surface area contributed by atoms with Crippen LogP contribution in [0.4, 0.5) is 5.69 Å². The van der Waals surface area contributed by atoms with E-state index in [4.69, 9.17) is 10.5 Å². The van der Waals surface area contributed by atoms with Crippen molar-refractivity contribution in [1.82, 2.24) is 4.72 Å². The fourth-order valence-electron chi connectivity index (χ4n) is 2.53. The molecule has 0 unspecified atom stereocenters. The normalized spacial score (nSPS) is 13.0. The van der Waals surface area contributed by atoms with Crippen molar-refractivity contribution >= 4 is 44.0 Å². The van der Waals surface area contributed by atoms with Crippen LogP contribution in [0, 0.1) is 0 Å². The third-order valence-electron chi connectivity index (χ3n) is 3.69. The fourth-order valence-corrected chi connectivity index (χ4v) is 4.43. The van der Waals surface area contributed by atoms with Gasteiger partial charge in [0.1, 0.15) is 10.6 Å². The molecule has 0 spiro atoms. The van der Waals surface area contributed by atoms with Gasteiger partial charge in [0.2, 0.25) is 10.0 Å². The van der Waals surface area contributed by atoms with E-state index < -0.39 is 10.0 Å². The Morgan fingerprint density at radius 2 is 1.92 bits per heavy atom. The molecule has 24 heavy (non-hydrogen) atoms. The van der Waals surface area contributed by atoms with Crippen LogP contribution >= 0.6 is 28.3 Å². The summed E-state index contributed by atoms with van der Waals surface area (Å²) in [6.45, 7) is 0.827. The highest BCUT2D eigenvalue weighted by Crippen LogP contribution is 2.35. The van der Waals surface area contributed by atoms with Gasteiger partial charge in [0.15, 0.2) is 0 Å². The Balaban J connectivity index is 0.00000208. The summed E-state index contributed by atoms with van der Waals surface area (Å²) in [6, 6.07) is 10.9. The second-order valence-electron chi connectivity index (χ2n) is 5.38. The van der Waals surface area contributed by atoms with Crippen molar-refractivity contribution in [2.24, 2.45) is 0 Å². The molecule has 8 heteroatoms. The van der Waals surface area contributed by atoms with Gasteiger partial charge in [0.25, 0.3) is 0 Å². The van der Waals surface area contributed by atoms with Crippen LogP contribution in [0.5, 0.6) is 5.75 Å². The molecule has 1 aliphatic rings. The molecule has 0 fully saturated rings. The molecule has 0 amide bonds. The topological polar surface area (TPSA) is 81.4 Å². The highest BCUT2D eigenvalue weighted by Gasteiger charge is 2.25. The van der Waals surface area contributed by atoms with Crippen LogP contribution in [0.3, 0.4) is 0 Å². The van der Waals surface area contributed by atoms with E-state index in [0.29, 0.717) is 31.0 Å². The average Bonchev–Trinajstić information content (AvgIpc) is 2.96. The van der Waals surface area contributed by atoms with E-state index in [-0.39, 0.29) is 17.3 Å². The Morgan fingerprint density at radius 3 is 2.62 bits per heavy atom. The molecular weight excluding hydrogens is 416 g/mol. The summed E-state index contributed by atoms with van der Waals surface area (Å²) in [4.78, 5) is 0.191. The van der Waals surface area contributed by atoms with Crippen LogP contribution in [0.1, 0.15) is 11.1 Å². The molecule has 0 atom stereocenters. The van der Waals surface area contributed by atoms with Gasteiger partial charge < -0.3 is 10.5 Å². The molecule has 2 aromatic carbocycles. The molecular formula is C16H18BrClN2O3S. The van der Waals surface area contributed by atoms with Crippen molar-refractivity contribution in [1.29, 1.82) is 0 Å². The number of nitrogens with two attached hydrogens (primary N) is 1. The molecule has 0 saturated heterocycles. The van der Waals surface area contributed by atoms with Crippen molar-refractivity contribution in [3.8, 4) is 5.75 Å². The predicted octanol–water partition coefficient (Wildman–Crippen LogP) is 2.91. The Labute approximate surface area is 156 Å². The zero-order chi connectivity index (χ0) is 16.4. The van der Waals surface area contributed by atoms with Gasteiger partial charge in [-0.3, -0.25) is 0 Å². The molecule has 0 aromatic heterocycles. The molecule has 3 rings (SSSR count). The summed E-state index contributed by atoms with van der Waals surface area (Å²) in [5.74, 6) is 0.466. The maximum atomic E-state index is 12.6. The lowest BCUT2D eigenvalue weighted by Gasteiger charge is -2.11. The number of nitrogen functional groups attached to an aromatic ring is 1. The first kappa shape index (κ1) is 19.1. The van der Waals surface area contributed by atoms with E-state index in [1.54, 1.807) is 18.2 Å². The Morgan fingerprint density at radius 1 is 1.21 bits per heavy atom. The molecule has 5 nitrogen and oxygen atoms in total. The van der Waals surface area contributed by atoms with Gasteiger partial charge >= 0.3 is 0 Å². The van der Waals surface area contributed by atoms with E-state index in [0.717, 1.165) is 22.0 Å². The van der Waals surface area contributed by atoms with Crippen molar-refractivity contribution in [3.05, 3.63) is 52.0 Å². The number of hydrogen-bond donors (Lipinski definition) is 2. The second-order valence-corrected chi connectivity index (χ2v) is 8.03. The summed E-state index contributed by atoms with van der Waals surface area (Å²) in [5.41, 5.74) is 8.27. The van der Waals surface area contributed by atoms with Crippen LogP contribution in [-0.2, 0) is 22.9 Å². The Hall–Kier alpha value is -1.28. The molecule has 1 heterocycles. The zero-order valence-electron chi connectivity index (χ0n) is 12.8. The quantitative estimate of drug-likeness (QED) is 0.710. The van der Waals surface area contributed by atoms with E-state index in [1.165, 1.54) is 0 Å². The number of sulfonamides is 1. The minimum atomic E-state index is -3.62. The van der Waals surface area contributed by atoms with Crippen LogP contribution in [0.15, 0.2) is 45.8 Å². The average molecular weight is 434 g/mol. The molecule has 0 bridgehead atoms. The highest BCUT2D eigenvalue weighted by molar-refractivity contribution is 9.10.